The molecule has 0 spiro atoms. The number of nitrogens with one attached hydrogen (secondary N) is 1. The molecule has 0 unspecified atom stereocenters. The summed E-state index contributed by atoms with van der Waals surface area (Å²) in [6.45, 7) is 2.23. The van der Waals surface area contributed by atoms with Crippen LogP contribution in [-0.4, -0.2) is 29.4 Å². The van der Waals surface area contributed by atoms with E-state index in [1.807, 2.05) is 38.4 Å². The Hall–Kier alpha value is -3.13. The first-order valence-electron chi connectivity index (χ1n) is 8.92. The molecule has 4 aromatic rings. The lowest BCUT2D eigenvalue weighted by molar-refractivity contribution is 0.281. The second kappa shape index (κ2) is 7.47. The van der Waals surface area contributed by atoms with Crippen LogP contribution in [0.3, 0.4) is 0 Å². The van der Waals surface area contributed by atoms with Crippen molar-refractivity contribution in [3.63, 3.8) is 0 Å². The molecule has 144 valence electrons. The van der Waals surface area contributed by atoms with E-state index < -0.39 is 0 Å². The fourth-order valence-electron chi connectivity index (χ4n) is 2.96. The number of rotatable bonds is 6. The third-order valence-corrected chi connectivity index (χ3v) is 4.70. The van der Waals surface area contributed by atoms with Gasteiger partial charge in [-0.1, -0.05) is 31.0 Å². The van der Waals surface area contributed by atoms with Gasteiger partial charge in [-0.2, -0.15) is 14.6 Å². The summed E-state index contributed by atoms with van der Waals surface area (Å²) >= 11 is 6.31. The first-order chi connectivity index (χ1) is 13.5. The molecule has 0 aliphatic heterocycles. The molecule has 0 saturated heterocycles. The summed E-state index contributed by atoms with van der Waals surface area (Å²) in [6.07, 6.45) is 5.41. The predicted octanol–water partition coefficient (Wildman–Crippen LogP) is 3.00. The Morgan fingerprint density at radius 2 is 2.11 bits per heavy atom. The molecule has 0 atom stereocenters. The van der Waals surface area contributed by atoms with Gasteiger partial charge in [0.05, 0.1) is 6.20 Å². The lowest BCUT2D eigenvalue weighted by Crippen LogP contribution is -2.15. The van der Waals surface area contributed by atoms with Gasteiger partial charge in [-0.15, -0.1) is 5.10 Å². The summed E-state index contributed by atoms with van der Waals surface area (Å²) in [4.78, 5) is 19.5. The van der Waals surface area contributed by atoms with Crippen LogP contribution < -0.4 is 10.3 Å². The zero-order valence-electron chi connectivity index (χ0n) is 15.5. The molecule has 8 nitrogen and oxygen atoms in total. The Bertz CT molecular complexity index is 1190. The number of benzene rings is 1. The molecule has 0 fully saturated rings. The summed E-state index contributed by atoms with van der Waals surface area (Å²) in [5, 5.41) is 8.89. The van der Waals surface area contributed by atoms with Crippen LogP contribution >= 0.6 is 11.6 Å². The van der Waals surface area contributed by atoms with Crippen molar-refractivity contribution in [2.75, 3.05) is 0 Å². The first-order valence-corrected chi connectivity index (χ1v) is 9.30. The average Bonchev–Trinajstić information content (AvgIpc) is 3.28. The number of ether oxygens (including phenoxy) is 1. The van der Waals surface area contributed by atoms with Gasteiger partial charge in [-0.3, -0.25) is 9.48 Å². The highest BCUT2D eigenvalue weighted by molar-refractivity contribution is 6.31. The smallest absolute Gasteiger partial charge is 0.338 e. The number of nitrogens with zero attached hydrogens (tertiary/aromatic N) is 5. The van der Waals surface area contributed by atoms with E-state index in [4.69, 9.17) is 16.3 Å². The van der Waals surface area contributed by atoms with Crippen molar-refractivity contribution in [2.45, 2.75) is 26.4 Å². The van der Waals surface area contributed by atoms with Crippen molar-refractivity contribution in [3.05, 3.63) is 63.3 Å². The fraction of sp³-hybridized carbons (Fsp3) is 0.263. The van der Waals surface area contributed by atoms with E-state index in [9.17, 15) is 4.79 Å². The Morgan fingerprint density at radius 1 is 1.25 bits per heavy atom. The minimum atomic E-state index is -0.240. The van der Waals surface area contributed by atoms with Crippen LogP contribution in [0.5, 0.6) is 6.01 Å². The van der Waals surface area contributed by atoms with Gasteiger partial charge in [-0.05, 0) is 24.1 Å². The van der Waals surface area contributed by atoms with Gasteiger partial charge in [0.25, 0.3) is 5.56 Å². The van der Waals surface area contributed by atoms with E-state index in [1.54, 1.807) is 10.9 Å². The van der Waals surface area contributed by atoms with E-state index in [1.165, 1.54) is 10.6 Å². The second-order valence-electron chi connectivity index (χ2n) is 6.51. The number of H-pyrrole nitrogens is 1. The third kappa shape index (κ3) is 3.63. The molecule has 28 heavy (non-hydrogen) atoms. The number of hydrogen-bond acceptors (Lipinski definition) is 5. The lowest BCUT2D eigenvalue weighted by Gasteiger charge is -2.06. The largest absolute Gasteiger partial charge is 0.457 e. The molecule has 0 bridgehead atoms. The van der Waals surface area contributed by atoms with Gasteiger partial charge < -0.3 is 9.72 Å². The molecule has 0 saturated carbocycles. The van der Waals surface area contributed by atoms with Crippen molar-refractivity contribution >= 4 is 17.4 Å². The molecular formula is C19H19ClN6O2. The number of aromatic amines is 1. The molecule has 1 N–H and O–H groups in total. The molecular weight excluding hydrogens is 380 g/mol. The minimum Gasteiger partial charge on any atom is -0.457 e. The highest BCUT2D eigenvalue weighted by Crippen LogP contribution is 2.25. The van der Waals surface area contributed by atoms with Crippen molar-refractivity contribution < 1.29 is 4.74 Å². The Morgan fingerprint density at radius 3 is 2.86 bits per heavy atom. The normalized spacial score (nSPS) is 11.2. The number of aromatic nitrogens is 6. The molecule has 9 heteroatoms. The first kappa shape index (κ1) is 18.2. The number of halogens is 1. The molecule has 3 heterocycles. The predicted molar refractivity (Wildman–Crippen MR) is 106 cm³/mol. The van der Waals surface area contributed by atoms with Crippen molar-refractivity contribution in [2.24, 2.45) is 7.05 Å². The van der Waals surface area contributed by atoms with Crippen LogP contribution in [-0.2, 0) is 20.1 Å². The van der Waals surface area contributed by atoms with Crippen molar-refractivity contribution in [1.82, 2.24) is 29.4 Å². The summed E-state index contributed by atoms with van der Waals surface area (Å²) in [7, 11) is 1.87. The Labute approximate surface area is 165 Å². The van der Waals surface area contributed by atoms with Gasteiger partial charge in [-0.25, -0.2) is 0 Å². The van der Waals surface area contributed by atoms with Crippen molar-refractivity contribution in [1.29, 1.82) is 0 Å². The van der Waals surface area contributed by atoms with Crippen LogP contribution in [0, 0.1) is 0 Å². The quantitative estimate of drug-likeness (QED) is 0.539. The second-order valence-corrected chi connectivity index (χ2v) is 6.92. The van der Waals surface area contributed by atoms with Crippen LogP contribution in [0.4, 0.5) is 0 Å². The summed E-state index contributed by atoms with van der Waals surface area (Å²) in [6, 6.07) is 7.34. The molecule has 0 radical (unpaired) electrons. The van der Waals surface area contributed by atoms with E-state index in [0.717, 1.165) is 35.2 Å². The zero-order chi connectivity index (χ0) is 19.7. The highest BCUT2D eigenvalue weighted by Gasteiger charge is 2.11. The van der Waals surface area contributed by atoms with Gasteiger partial charge in [0.2, 0.25) is 5.78 Å². The van der Waals surface area contributed by atoms with E-state index in [2.05, 4.69) is 20.2 Å². The summed E-state index contributed by atoms with van der Waals surface area (Å²) in [5.41, 5.74) is 3.35. The van der Waals surface area contributed by atoms with Crippen LogP contribution in [0.25, 0.3) is 16.9 Å². The number of aryl methyl sites for hydroxylation is 2. The monoisotopic (exact) mass is 398 g/mol. The molecule has 3 aromatic heterocycles. The van der Waals surface area contributed by atoms with E-state index >= 15 is 0 Å². The molecule has 1 aromatic carbocycles. The molecule has 0 amide bonds. The van der Waals surface area contributed by atoms with Gasteiger partial charge in [0.15, 0.2) is 0 Å². The van der Waals surface area contributed by atoms with E-state index in [0.29, 0.717) is 10.8 Å². The Kier molecular flexibility index (Phi) is 4.87. The topological polar surface area (TPSA) is 90.1 Å². The SMILES string of the molecule is CCCc1cc(=O)n2nc(OCc3cc(-c4cnn(C)c4)ccc3Cl)nc2[nH]1. The maximum Gasteiger partial charge on any atom is 0.338 e. The maximum atomic E-state index is 12.2. The molecule has 4 rings (SSSR count). The average molecular weight is 399 g/mol. The standard InChI is InChI=1S/C19H19ClN6O2/c1-3-4-15-8-17(27)26-18(22-15)23-19(24-26)28-11-13-7-12(5-6-16(13)20)14-9-21-25(2)10-14/h5-10H,3-4,11H2,1-2H3,(H,22,23,24). The minimum absolute atomic E-state index is 0.116. The molecule has 0 aliphatic carbocycles. The third-order valence-electron chi connectivity index (χ3n) is 4.33. The highest BCUT2D eigenvalue weighted by atomic mass is 35.5. The number of fused-ring (bicyclic) bond motifs is 1. The Balaban J connectivity index is 1.57. The van der Waals surface area contributed by atoms with Crippen LogP contribution in [0.1, 0.15) is 24.6 Å². The van der Waals surface area contributed by atoms with Crippen molar-refractivity contribution in [3.8, 4) is 17.1 Å². The maximum absolute atomic E-state index is 12.2. The summed E-state index contributed by atoms with van der Waals surface area (Å²) < 4.78 is 8.64. The fourth-order valence-corrected chi connectivity index (χ4v) is 3.13. The number of hydrogen-bond donors (Lipinski definition) is 1. The lowest BCUT2D eigenvalue weighted by atomic mass is 10.1. The van der Waals surface area contributed by atoms with Crippen LogP contribution in [0.2, 0.25) is 5.02 Å². The van der Waals surface area contributed by atoms with Crippen LogP contribution in [0.15, 0.2) is 41.5 Å². The van der Waals surface area contributed by atoms with Gasteiger partial charge >= 0.3 is 6.01 Å². The summed E-state index contributed by atoms with van der Waals surface area (Å²) in [5.74, 6) is 0.362. The zero-order valence-corrected chi connectivity index (χ0v) is 16.3. The molecule has 0 aliphatic rings. The van der Waals surface area contributed by atoms with Gasteiger partial charge in [0.1, 0.15) is 6.61 Å². The van der Waals surface area contributed by atoms with E-state index in [-0.39, 0.29) is 18.2 Å². The van der Waals surface area contributed by atoms with Gasteiger partial charge in [0, 0.05) is 41.2 Å².